The highest BCUT2D eigenvalue weighted by Gasteiger charge is 2.34. The van der Waals surface area contributed by atoms with Gasteiger partial charge in [0, 0.05) is 6.42 Å². The van der Waals surface area contributed by atoms with E-state index in [4.69, 9.17) is 10.0 Å². The smallest absolute Gasteiger partial charge is 0.427 e. The number of ketones is 1. The second-order valence-corrected chi connectivity index (χ2v) is 2.88. The number of Topliss-reactive ketones (excluding diaryl/α,β-unsaturated/α-hetero) is 1. The molecule has 1 aliphatic rings. The lowest BCUT2D eigenvalue weighted by atomic mass is 9.64. The second-order valence-electron chi connectivity index (χ2n) is 2.88. The van der Waals surface area contributed by atoms with Gasteiger partial charge in [0.15, 0.2) is 12.0 Å². The van der Waals surface area contributed by atoms with Crippen molar-refractivity contribution in [3.8, 4) is 0 Å². The molecule has 0 aromatic heterocycles. The van der Waals surface area contributed by atoms with Gasteiger partial charge in [-0.05, 0) is 18.7 Å². The predicted molar refractivity (Wildman–Crippen MR) is 37.7 cm³/mol. The molecule has 0 bridgehead atoms. The van der Waals surface area contributed by atoms with Crippen molar-refractivity contribution in [3.63, 3.8) is 0 Å². The molecule has 62 valence electrons. The van der Waals surface area contributed by atoms with Gasteiger partial charge in [-0.3, -0.25) is 4.79 Å². The van der Waals surface area contributed by atoms with Crippen LogP contribution in [-0.4, -0.2) is 29.1 Å². The monoisotopic (exact) mass is 160 g/mol. The topological polar surface area (TPSA) is 57.5 Å². The molecule has 0 aliphatic heterocycles. The zero-order valence-corrected chi connectivity index (χ0v) is 6.03. The van der Waals surface area contributed by atoms with E-state index in [9.17, 15) is 9.18 Å². The second kappa shape index (κ2) is 3.32. The van der Waals surface area contributed by atoms with Crippen molar-refractivity contribution >= 4 is 12.9 Å². The Morgan fingerprint density at radius 1 is 1.55 bits per heavy atom. The summed E-state index contributed by atoms with van der Waals surface area (Å²) < 4.78 is 12.6. The van der Waals surface area contributed by atoms with Gasteiger partial charge in [0.2, 0.25) is 0 Å². The lowest BCUT2D eigenvalue weighted by Gasteiger charge is -2.22. The molecule has 0 aromatic rings. The van der Waals surface area contributed by atoms with Crippen LogP contribution < -0.4 is 0 Å². The van der Waals surface area contributed by atoms with Crippen LogP contribution in [0.2, 0.25) is 5.82 Å². The number of halogens is 1. The number of rotatable bonds is 1. The van der Waals surface area contributed by atoms with Gasteiger partial charge in [-0.25, -0.2) is 4.39 Å². The Morgan fingerprint density at radius 2 is 2.18 bits per heavy atom. The van der Waals surface area contributed by atoms with Gasteiger partial charge >= 0.3 is 7.12 Å². The van der Waals surface area contributed by atoms with Gasteiger partial charge in [0.05, 0.1) is 0 Å². The van der Waals surface area contributed by atoms with E-state index < -0.39 is 24.9 Å². The van der Waals surface area contributed by atoms with Crippen LogP contribution in [0.15, 0.2) is 0 Å². The van der Waals surface area contributed by atoms with Gasteiger partial charge in [0.1, 0.15) is 0 Å². The van der Waals surface area contributed by atoms with Gasteiger partial charge in [-0.1, -0.05) is 0 Å². The van der Waals surface area contributed by atoms with Crippen molar-refractivity contribution in [3.05, 3.63) is 0 Å². The van der Waals surface area contributed by atoms with Crippen molar-refractivity contribution in [1.29, 1.82) is 0 Å². The third-order valence-corrected chi connectivity index (χ3v) is 2.04. The fourth-order valence-corrected chi connectivity index (χ4v) is 1.27. The van der Waals surface area contributed by atoms with Crippen LogP contribution in [0.5, 0.6) is 0 Å². The molecule has 0 radical (unpaired) electrons. The maximum absolute atomic E-state index is 12.6. The summed E-state index contributed by atoms with van der Waals surface area (Å²) in [6.07, 6.45) is -1.02. The number of carbonyl (C=O) groups is 1. The van der Waals surface area contributed by atoms with Crippen LogP contribution in [0, 0.1) is 0 Å². The minimum atomic E-state index is -1.49. The molecule has 2 atom stereocenters. The molecule has 1 saturated carbocycles. The summed E-state index contributed by atoms with van der Waals surface area (Å²) in [5.74, 6) is -0.885. The first kappa shape index (κ1) is 8.68. The number of hydrogen-bond donors (Lipinski definition) is 2. The summed E-state index contributed by atoms with van der Waals surface area (Å²) in [4.78, 5) is 10.6. The molecule has 0 saturated heterocycles. The van der Waals surface area contributed by atoms with Crippen molar-refractivity contribution in [2.45, 2.75) is 31.3 Å². The molecule has 1 rings (SSSR count). The van der Waals surface area contributed by atoms with E-state index in [1.807, 2.05) is 0 Å². The highest BCUT2D eigenvalue weighted by atomic mass is 19.1. The molecule has 0 amide bonds. The Morgan fingerprint density at radius 3 is 2.64 bits per heavy atom. The summed E-state index contributed by atoms with van der Waals surface area (Å²) in [7, 11) is -1.48. The molecular weight excluding hydrogens is 150 g/mol. The van der Waals surface area contributed by atoms with Crippen LogP contribution in [0.1, 0.15) is 19.3 Å². The molecule has 0 aromatic carbocycles. The average Bonchev–Trinajstić information content (AvgIpc) is 1.94. The van der Waals surface area contributed by atoms with Crippen LogP contribution in [0.4, 0.5) is 4.39 Å². The molecule has 0 heterocycles. The zero-order valence-electron chi connectivity index (χ0n) is 6.03. The summed E-state index contributed by atoms with van der Waals surface area (Å²) >= 11 is 0. The van der Waals surface area contributed by atoms with E-state index in [-0.39, 0.29) is 12.8 Å². The number of alkyl halides is 1. The average molecular weight is 160 g/mol. The lowest BCUT2D eigenvalue weighted by Crippen LogP contribution is -2.31. The van der Waals surface area contributed by atoms with Crippen molar-refractivity contribution in [2.24, 2.45) is 0 Å². The number of carbonyl (C=O) groups excluding carboxylic acids is 1. The Bertz CT molecular complexity index is 162. The lowest BCUT2D eigenvalue weighted by molar-refractivity contribution is -0.125. The summed E-state index contributed by atoms with van der Waals surface area (Å²) in [6.45, 7) is 0. The first-order valence-electron chi connectivity index (χ1n) is 3.64. The summed E-state index contributed by atoms with van der Waals surface area (Å²) in [5.41, 5.74) is 0. The third-order valence-electron chi connectivity index (χ3n) is 2.04. The van der Waals surface area contributed by atoms with E-state index in [1.165, 1.54) is 0 Å². The van der Waals surface area contributed by atoms with Crippen LogP contribution in [0.25, 0.3) is 0 Å². The van der Waals surface area contributed by atoms with E-state index in [1.54, 1.807) is 0 Å². The Hall–Kier alpha value is -0.415. The molecule has 5 heteroatoms. The van der Waals surface area contributed by atoms with Crippen molar-refractivity contribution in [2.75, 3.05) is 0 Å². The van der Waals surface area contributed by atoms with E-state index in [0.29, 0.717) is 6.42 Å². The molecule has 1 fully saturated rings. The molecule has 3 nitrogen and oxygen atoms in total. The maximum atomic E-state index is 12.6. The fraction of sp³-hybridized carbons (Fsp3) is 0.833. The van der Waals surface area contributed by atoms with Gasteiger partial charge in [-0.15, -0.1) is 0 Å². The van der Waals surface area contributed by atoms with Gasteiger partial charge in [0.25, 0.3) is 0 Å². The third kappa shape index (κ3) is 2.00. The van der Waals surface area contributed by atoms with Gasteiger partial charge in [-0.2, -0.15) is 0 Å². The Balaban J connectivity index is 2.46. The van der Waals surface area contributed by atoms with E-state index in [2.05, 4.69) is 0 Å². The van der Waals surface area contributed by atoms with E-state index in [0.717, 1.165) is 0 Å². The molecule has 1 aliphatic carbocycles. The highest BCUT2D eigenvalue weighted by Crippen LogP contribution is 2.29. The Kier molecular flexibility index (Phi) is 2.62. The van der Waals surface area contributed by atoms with Crippen LogP contribution in [-0.2, 0) is 4.79 Å². The SMILES string of the molecule is O=C1CCC(B(O)O)CC1F. The largest absolute Gasteiger partial charge is 0.454 e. The van der Waals surface area contributed by atoms with Crippen molar-refractivity contribution < 1.29 is 19.2 Å². The normalized spacial score (nSPS) is 32.1. The quantitative estimate of drug-likeness (QED) is 0.527. The molecule has 2 N–H and O–H groups in total. The van der Waals surface area contributed by atoms with Crippen LogP contribution >= 0.6 is 0 Å². The molecular formula is C6H10BFO3. The first-order chi connectivity index (χ1) is 5.11. The highest BCUT2D eigenvalue weighted by molar-refractivity contribution is 6.43. The fourth-order valence-electron chi connectivity index (χ4n) is 1.27. The summed E-state index contributed by atoms with van der Waals surface area (Å²) in [5, 5.41) is 17.3. The predicted octanol–water partition coefficient (Wildman–Crippen LogP) is -0.0795. The van der Waals surface area contributed by atoms with Crippen LogP contribution in [0.3, 0.4) is 0 Å². The summed E-state index contributed by atoms with van der Waals surface area (Å²) in [6, 6.07) is 0. The standard InChI is InChI=1S/C6H10BFO3/c8-5-3-4(7(10)11)1-2-6(5)9/h4-5,10-11H,1-3H2. The molecule has 11 heavy (non-hydrogen) atoms. The van der Waals surface area contributed by atoms with Crippen molar-refractivity contribution in [1.82, 2.24) is 0 Å². The maximum Gasteiger partial charge on any atom is 0.454 e. The first-order valence-corrected chi connectivity index (χ1v) is 3.64. The van der Waals surface area contributed by atoms with Gasteiger partial charge < -0.3 is 10.0 Å². The Labute approximate surface area is 64.4 Å². The molecule has 0 spiro atoms. The zero-order chi connectivity index (χ0) is 8.43. The van der Waals surface area contributed by atoms with E-state index >= 15 is 0 Å². The minimum Gasteiger partial charge on any atom is -0.427 e. The minimum absolute atomic E-state index is 0.0451. The number of hydrogen-bond acceptors (Lipinski definition) is 3. The molecule has 2 unspecified atom stereocenters.